The molecule has 1 amide bonds. The molecule has 2 aliphatic rings. The lowest BCUT2D eigenvalue weighted by molar-refractivity contribution is 0.0551. The molecule has 4 rings (SSSR count). The van der Waals surface area contributed by atoms with Gasteiger partial charge in [0.15, 0.2) is 19.7 Å². The lowest BCUT2D eigenvalue weighted by Gasteiger charge is -2.39. The fourth-order valence-corrected chi connectivity index (χ4v) is 6.18. The third-order valence-electron chi connectivity index (χ3n) is 6.71. The zero-order valence-corrected chi connectivity index (χ0v) is 21.3. The van der Waals surface area contributed by atoms with Crippen molar-refractivity contribution < 1.29 is 21.6 Å². The Hall–Kier alpha value is -2.23. The SMILES string of the molecule is CS(=O)(=O)c1ccc(C(=O)N(CC2CC2)C2CCN(Cc3ccccc3S(C)(=O)=O)CC2)cc1. The van der Waals surface area contributed by atoms with E-state index in [1.807, 2.05) is 17.0 Å². The van der Waals surface area contributed by atoms with Crippen molar-refractivity contribution in [3.05, 3.63) is 59.7 Å². The van der Waals surface area contributed by atoms with Crippen LogP contribution in [0.25, 0.3) is 0 Å². The summed E-state index contributed by atoms with van der Waals surface area (Å²) in [5.74, 6) is 0.492. The van der Waals surface area contributed by atoms with Gasteiger partial charge in [-0.1, -0.05) is 18.2 Å². The molecule has 2 aromatic carbocycles. The number of likely N-dealkylation sites (tertiary alicyclic amines) is 1. The molecule has 2 fully saturated rings. The maximum Gasteiger partial charge on any atom is 0.254 e. The van der Waals surface area contributed by atoms with Crippen LogP contribution in [0.4, 0.5) is 0 Å². The van der Waals surface area contributed by atoms with Crippen molar-refractivity contribution in [2.75, 3.05) is 32.1 Å². The Bertz CT molecular complexity index is 1240. The van der Waals surface area contributed by atoms with E-state index in [0.29, 0.717) is 22.9 Å². The molecule has 1 aliphatic carbocycles. The summed E-state index contributed by atoms with van der Waals surface area (Å²) in [6.07, 6.45) is 6.31. The molecule has 0 bridgehead atoms. The van der Waals surface area contributed by atoms with Gasteiger partial charge in [-0.15, -0.1) is 0 Å². The molecule has 0 N–H and O–H groups in total. The third kappa shape index (κ3) is 6.06. The van der Waals surface area contributed by atoms with Crippen LogP contribution in [0.2, 0.25) is 0 Å². The van der Waals surface area contributed by atoms with E-state index in [0.717, 1.165) is 57.1 Å². The first-order chi connectivity index (χ1) is 16.0. The Balaban J connectivity index is 1.44. The van der Waals surface area contributed by atoms with E-state index >= 15 is 0 Å². The molecule has 1 aliphatic heterocycles. The quantitative estimate of drug-likeness (QED) is 0.549. The van der Waals surface area contributed by atoms with Crippen molar-refractivity contribution in [1.29, 1.82) is 0 Å². The van der Waals surface area contributed by atoms with Crippen molar-refractivity contribution in [2.45, 2.75) is 48.1 Å². The number of hydrogen-bond donors (Lipinski definition) is 0. The second-order valence-electron chi connectivity index (χ2n) is 9.58. The Morgan fingerprint density at radius 2 is 1.50 bits per heavy atom. The first kappa shape index (κ1) is 24.9. The van der Waals surface area contributed by atoms with E-state index in [4.69, 9.17) is 0 Å². The largest absolute Gasteiger partial charge is 0.335 e. The maximum absolute atomic E-state index is 13.4. The van der Waals surface area contributed by atoms with Gasteiger partial charge in [0.2, 0.25) is 0 Å². The summed E-state index contributed by atoms with van der Waals surface area (Å²) in [6, 6.07) is 13.5. The number of benzene rings is 2. The Morgan fingerprint density at radius 1 is 0.882 bits per heavy atom. The predicted molar refractivity (Wildman–Crippen MR) is 131 cm³/mol. The molecule has 7 nitrogen and oxygen atoms in total. The number of nitrogens with zero attached hydrogens (tertiary/aromatic N) is 2. The summed E-state index contributed by atoms with van der Waals surface area (Å²) in [6.45, 7) is 2.86. The fourth-order valence-electron chi connectivity index (χ4n) is 4.61. The number of carbonyl (C=O) groups excluding carboxylic acids is 1. The third-order valence-corrected chi connectivity index (χ3v) is 9.03. The number of hydrogen-bond acceptors (Lipinski definition) is 6. The Morgan fingerprint density at radius 3 is 2.06 bits per heavy atom. The molecule has 0 atom stereocenters. The second-order valence-corrected chi connectivity index (χ2v) is 13.6. The second kappa shape index (κ2) is 9.79. The van der Waals surface area contributed by atoms with Crippen LogP contribution in [0.1, 0.15) is 41.6 Å². The Labute approximate surface area is 202 Å². The van der Waals surface area contributed by atoms with Crippen LogP contribution < -0.4 is 0 Å². The van der Waals surface area contributed by atoms with E-state index in [1.54, 1.807) is 24.3 Å². The van der Waals surface area contributed by atoms with Crippen LogP contribution in [0.3, 0.4) is 0 Å². The van der Waals surface area contributed by atoms with Gasteiger partial charge in [0, 0.05) is 50.3 Å². The van der Waals surface area contributed by atoms with Gasteiger partial charge in [0.1, 0.15) is 0 Å². The van der Waals surface area contributed by atoms with Crippen molar-refractivity contribution in [3.8, 4) is 0 Å². The number of sulfone groups is 2. The van der Waals surface area contributed by atoms with Crippen LogP contribution in [0.15, 0.2) is 58.3 Å². The van der Waals surface area contributed by atoms with Crippen LogP contribution in [0, 0.1) is 5.92 Å². The average molecular weight is 505 g/mol. The number of piperidine rings is 1. The van der Waals surface area contributed by atoms with E-state index in [2.05, 4.69) is 4.90 Å². The molecule has 1 saturated heterocycles. The number of rotatable bonds is 8. The van der Waals surface area contributed by atoms with Gasteiger partial charge in [-0.2, -0.15) is 0 Å². The molecule has 2 aromatic rings. The van der Waals surface area contributed by atoms with Crippen LogP contribution >= 0.6 is 0 Å². The lowest BCUT2D eigenvalue weighted by Crippen LogP contribution is -2.48. The molecule has 1 saturated carbocycles. The highest BCUT2D eigenvalue weighted by Crippen LogP contribution is 2.32. The summed E-state index contributed by atoms with van der Waals surface area (Å²) >= 11 is 0. The highest BCUT2D eigenvalue weighted by molar-refractivity contribution is 7.91. The standard InChI is InChI=1S/C25H32N2O5S2/c1-33(29,30)23-11-9-20(10-12-23)25(28)27(17-19-7-8-19)22-13-15-26(16-14-22)18-21-5-3-4-6-24(21)34(2,31)32/h3-6,9-12,19,22H,7-8,13-18H2,1-2H3. The summed E-state index contributed by atoms with van der Waals surface area (Å²) in [7, 11) is -6.59. The highest BCUT2D eigenvalue weighted by atomic mass is 32.2. The minimum Gasteiger partial charge on any atom is -0.335 e. The molecule has 0 spiro atoms. The Kier molecular flexibility index (Phi) is 7.17. The van der Waals surface area contributed by atoms with Gasteiger partial charge < -0.3 is 4.90 Å². The summed E-state index contributed by atoms with van der Waals surface area (Å²) in [5.41, 5.74) is 1.32. The molecular weight excluding hydrogens is 472 g/mol. The number of carbonyl (C=O) groups is 1. The zero-order valence-electron chi connectivity index (χ0n) is 19.7. The van der Waals surface area contributed by atoms with Crippen LogP contribution in [-0.4, -0.2) is 70.7 Å². The van der Waals surface area contributed by atoms with Crippen LogP contribution in [0.5, 0.6) is 0 Å². The molecule has 9 heteroatoms. The van der Waals surface area contributed by atoms with E-state index in [1.165, 1.54) is 18.4 Å². The van der Waals surface area contributed by atoms with Crippen molar-refractivity contribution in [2.24, 2.45) is 5.92 Å². The normalized spacial score (nSPS) is 18.1. The smallest absolute Gasteiger partial charge is 0.254 e. The van der Waals surface area contributed by atoms with Gasteiger partial charge in [-0.25, -0.2) is 16.8 Å². The summed E-state index contributed by atoms with van der Waals surface area (Å²) < 4.78 is 47.8. The van der Waals surface area contributed by atoms with Crippen molar-refractivity contribution >= 4 is 25.6 Å². The minimum absolute atomic E-state index is 0.0483. The zero-order chi connectivity index (χ0) is 24.5. The monoisotopic (exact) mass is 504 g/mol. The molecule has 1 heterocycles. The van der Waals surface area contributed by atoms with Gasteiger partial charge in [0.05, 0.1) is 9.79 Å². The molecule has 0 unspecified atom stereocenters. The molecule has 34 heavy (non-hydrogen) atoms. The first-order valence-corrected chi connectivity index (χ1v) is 15.4. The first-order valence-electron chi connectivity index (χ1n) is 11.6. The molecule has 184 valence electrons. The van der Waals surface area contributed by atoms with Crippen molar-refractivity contribution in [3.63, 3.8) is 0 Å². The minimum atomic E-state index is -3.31. The van der Waals surface area contributed by atoms with Gasteiger partial charge in [0.25, 0.3) is 5.91 Å². The topological polar surface area (TPSA) is 91.8 Å². The lowest BCUT2D eigenvalue weighted by atomic mass is 10.0. The molecular formula is C25H32N2O5S2. The maximum atomic E-state index is 13.4. The summed E-state index contributed by atoms with van der Waals surface area (Å²) in [4.78, 5) is 18.2. The highest BCUT2D eigenvalue weighted by Gasteiger charge is 2.33. The molecule has 0 radical (unpaired) electrons. The number of amides is 1. The predicted octanol–water partition coefficient (Wildman–Crippen LogP) is 3.01. The fraction of sp³-hybridized carbons (Fsp3) is 0.480. The van der Waals surface area contributed by atoms with E-state index < -0.39 is 19.7 Å². The summed E-state index contributed by atoms with van der Waals surface area (Å²) in [5, 5.41) is 0. The van der Waals surface area contributed by atoms with Gasteiger partial charge >= 0.3 is 0 Å². The molecule has 0 aromatic heterocycles. The van der Waals surface area contributed by atoms with E-state index in [9.17, 15) is 21.6 Å². The van der Waals surface area contributed by atoms with E-state index in [-0.39, 0.29) is 16.8 Å². The van der Waals surface area contributed by atoms with Gasteiger partial charge in [-0.05, 0) is 67.5 Å². The average Bonchev–Trinajstić information content (AvgIpc) is 3.61. The van der Waals surface area contributed by atoms with Crippen molar-refractivity contribution in [1.82, 2.24) is 9.80 Å². The van der Waals surface area contributed by atoms with Crippen LogP contribution in [-0.2, 0) is 26.2 Å². The van der Waals surface area contributed by atoms with Gasteiger partial charge in [-0.3, -0.25) is 9.69 Å².